The number of fused-ring (bicyclic) bond motifs is 1. The number of rotatable bonds is 11. The smallest absolute Gasteiger partial charge is 0.440 e. The van der Waals surface area contributed by atoms with Crippen molar-refractivity contribution < 1.29 is 49.9 Å². The predicted molar refractivity (Wildman–Crippen MR) is 137 cm³/mol. The molecule has 0 bridgehead atoms. The summed E-state index contributed by atoms with van der Waals surface area (Å²) >= 11 is 5.95. The number of esters is 1. The monoisotopic (exact) mass is 623 g/mol. The van der Waals surface area contributed by atoms with Crippen LogP contribution >= 0.6 is 11.6 Å². The van der Waals surface area contributed by atoms with E-state index in [1.54, 1.807) is 0 Å². The number of anilines is 1. The normalized spacial score (nSPS) is 12.4. The van der Waals surface area contributed by atoms with Crippen LogP contribution in [-0.4, -0.2) is 43.7 Å². The average Bonchev–Trinajstić information content (AvgIpc) is 2.91. The number of nitrogens with two attached hydrogens (primary N) is 2. The number of oxime groups is 1. The Morgan fingerprint density at radius 2 is 1.64 bits per heavy atom. The number of hydrogen-bond acceptors (Lipinski definition) is 6. The summed E-state index contributed by atoms with van der Waals surface area (Å²) in [6, 6.07) is 8.89. The fourth-order valence-electron chi connectivity index (χ4n) is 3.68. The molecule has 6 N–H and O–H groups in total. The Balaban J connectivity index is 1.91. The lowest BCUT2D eigenvalue weighted by molar-refractivity contribution is -0.205. The minimum atomic E-state index is -5.59. The Morgan fingerprint density at radius 1 is 0.976 bits per heavy atom. The van der Waals surface area contributed by atoms with Crippen molar-refractivity contribution >= 4 is 45.9 Å². The van der Waals surface area contributed by atoms with Gasteiger partial charge in [0.1, 0.15) is 12.4 Å². The summed E-state index contributed by atoms with van der Waals surface area (Å²) in [6.07, 6.45) is -8.20. The molecule has 0 aliphatic rings. The number of nitrogens with one attached hydrogen (secondary N) is 2. The Labute approximate surface area is 237 Å². The van der Waals surface area contributed by atoms with Gasteiger partial charge in [0.05, 0.1) is 29.4 Å². The highest BCUT2D eigenvalue weighted by molar-refractivity contribution is 6.31. The molecule has 0 radical (unpaired) electrons. The summed E-state index contributed by atoms with van der Waals surface area (Å²) < 4.78 is 103. The van der Waals surface area contributed by atoms with Crippen molar-refractivity contribution in [2.24, 2.45) is 16.6 Å². The summed E-state index contributed by atoms with van der Waals surface area (Å²) in [5, 5.41) is 6.43. The molecule has 3 aromatic carbocycles. The van der Waals surface area contributed by atoms with Crippen LogP contribution in [0.5, 0.6) is 0 Å². The van der Waals surface area contributed by atoms with E-state index in [1.807, 2.05) is 5.32 Å². The van der Waals surface area contributed by atoms with Gasteiger partial charge in [-0.2, -0.15) is 22.0 Å². The molecule has 226 valence electrons. The van der Waals surface area contributed by atoms with Crippen molar-refractivity contribution in [1.82, 2.24) is 5.32 Å². The molecule has 0 saturated heterocycles. The van der Waals surface area contributed by atoms with Gasteiger partial charge in [-0.3, -0.25) is 4.79 Å². The average molecular weight is 624 g/mol. The van der Waals surface area contributed by atoms with E-state index in [9.17, 15) is 27.2 Å². The molecule has 9 nitrogen and oxygen atoms in total. The van der Waals surface area contributed by atoms with Crippen LogP contribution in [-0.2, 0) is 25.1 Å². The first-order valence-electron chi connectivity index (χ1n) is 11.7. The number of amides is 1. The molecule has 0 aliphatic carbocycles. The van der Waals surface area contributed by atoms with Crippen LogP contribution in [0, 0.1) is 11.6 Å². The van der Waals surface area contributed by atoms with E-state index >= 15 is 13.2 Å². The van der Waals surface area contributed by atoms with E-state index in [1.165, 1.54) is 24.3 Å². The largest absolute Gasteiger partial charge is 0.490 e. The van der Waals surface area contributed by atoms with Gasteiger partial charge in [0, 0.05) is 10.9 Å². The minimum absolute atomic E-state index is 0.0846. The number of carbonyl (C=O) groups is 2. The number of carbonyl (C=O) groups excluding carboxylic acids is 2. The van der Waals surface area contributed by atoms with Crippen LogP contribution < -0.4 is 22.1 Å². The number of alkyl halides is 5. The van der Waals surface area contributed by atoms with Gasteiger partial charge in [0.2, 0.25) is 12.1 Å². The molecular weight excluding hydrogens is 603 g/mol. The highest BCUT2D eigenvalue weighted by atomic mass is 35.5. The number of nitrogens with zero attached hydrogens (tertiary/aromatic N) is 1. The second-order valence-corrected chi connectivity index (χ2v) is 8.85. The Morgan fingerprint density at radius 3 is 2.29 bits per heavy atom. The molecule has 1 atom stereocenters. The lowest BCUT2D eigenvalue weighted by Gasteiger charge is -2.23. The summed E-state index contributed by atoms with van der Waals surface area (Å²) in [4.78, 5) is 28.8. The maximum atomic E-state index is 15.5. The van der Waals surface area contributed by atoms with Crippen LogP contribution in [0.1, 0.15) is 17.2 Å². The van der Waals surface area contributed by atoms with Crippen LogP contribution in [0.4, 0.5) is 36.4 Å². The van der Waals surface area contributed by atoms with Crippen LogP contribution in [0.15, 0.2) is 53.7 Å². The van der Waals surface area contributed by atoms with E-state index < -0.39 is 89.2 Å². The summed E-state index contributed by atoms with van der Waals surface area (Å²) in [5.74, 6) is -10.8. The molecular formula is C25H21ClF7N5O4. The quantitative estimate of drug-likeness (QED) is 0.0618. The second kappa shape index (κ2) is 13.0. The predicted octanol–water partition coefficient (Wildman–Crippen LogP) is 4.44. The molecule has 42 heavy (non-hydrogen) atoms. The third kappa shape index (κ3) is 7.63. The van der Waals surface area contributed by atoms with Gasteiger partial charge in [0.15, 0.2) is 5.82 Å². The number of halogens is 8. The lowest BCUT2D eigenvalue weighted by atomic mass is 9.99. The fourth-order valence-corrected chi connectivity index (χ4v) is 3.92. The van der Waals surface area contributed by atoms with Gasteiger partial charge in [0.25, 0.3) is 11.8 Å². The Hall–Kier alpha value is -4.47. The number of benzene rings is 3. The van der Waals surface area contributed by atoms with Crippen LogP contribution in [0.25, 0.3) is 10.8 Å². The first kappa shape index (κ1) is 32.0. The van der Waals surface area contributed by atoms with Crippen molar-refractivity contribution in [2.75, 3.05) is 25.0 Å². The van der Waals surface area contributed by atoms with E-state index in [2.05, 4.69) is 20.0 Å². The van der Waals surface area contributed by atoms with Crippen molar-refractivity contribution in [3.8, 4) is 0 Å². The molecule has 3 rings (SSSR count). The van der Waals surface area contributed by atoms with E-state index in [4.69, 9.17) is 23.1 Å². The summed E-state index contributed by atoms with van der Waals surface area (Å²) in [6.45, 7) is -2.14. The molecule has 1 unspecified atom stereocenters. The van der Waals surface area contributed by atoms with Crippen LogP contribution in [0.3, 0.4) is 0 Å². The Kier molecular flexibility index (Phi) is 9.93. The van der Waals surface area contributed by atoms with Gasteiger partial charge in [-0.15, -0.1) is 0 Å². The molecule has 0 aliphatic heterocycles. The van der Waals surface area contributed by atoms with E-state index in [0.717, 1.165) is 24.3 Å². The zero-order valence-corrected chi connectivity index (χ0v) is 21.8. The molecule has 0 heterocycles. The highest BCUT2D eigenvalue weighted by Crippen LogP contribution is 2.37. The molecule has 0 saturated carbocycles. The van der Waals surface area contributed by atoms with Gasteiger partial charge in [-0.25, -0.2) is 13.6 Å². The third-order valence-corrected chi connectivity index (χ3v) is 5.84. The van der Waals surface area contributed by atoms with Gasteiger partial charge in [-0.05, 0) is 34.8 Å². The van der Waals surface area contributed by atoms with Crippen LogP contribution in [0.2, 0.25) is 5.02 Å². The molecule has 0 aromatic heterocycles. The lowest BCUT2D eigenvalue weighted by Crippen LogP contribution is -2.37. The number of hydrogen-bond donors (Lipinski definition) is 4. The first-order chi connectivity index (χ1) is 19.6. The SMILES string of the molecule is NC(N)=NOCCNC(=O)C(OC(=O)C(F)(F)F)c1c(Cl)ccc(NCC(F)(F)c2ccc(F)c3ccccc23)c1F. The Bertz CT molecular complexity index is 1500. The standard InChI is InChI=1S/C25H21ClF7N5O4/c26-15-6-8-17(37-11-24(29,30)14-5-7-16(27)13-4-2-1-3-12(13)14)19(28)18(15)20(42-22(40)25(31,32)33)21(39)36-9-10-41-38-23(34)35/h1-8,20,37H,9-11H2,(H,36,39)(H4,34,35,38). The zero-order chi connectivity index (χ0) is 31.2. The van der Waals surface area contributed by atoms with Crippen molar-refractivity contribution in [2.45, 2.75) is 18.2 Å². The summed E-state index contributed by atoms with van der Waals surface area (Å²) in [7, 11) is 0. The van der Waals surface area contributed by atoms with Gasteiger partial charge in [-0.1, -0.05) is 35.9 Å². The molecule has 1 amide bonds. The third-order valence-electron chi connectivity index (χ3n) is 5.51. The first-order valence-corrected chi connectivity index (χ1v) is 12.0. The fraction of sp³-hybridized carbons (Fsp3) is 0.240. The van der Waals surface area contributed by atoms with Gasteiger partial charge < -0.3 is 31.7 Å². The minimum Gasteiger partial charge on any atom is -0.440 e. The topological polar surface area (TPSA) is 141 Å². The summed E-state index contributed by atoms with van der Waals surface area (Å²) in [5.41, 5.74) is 7.71. The second-order valence-electron chi connectivity index (χ2n) is 8.44. The van der Waals surface area contributed by atoms with Crippen molar-refractivity contribution in [3.63, 3.8) is 0 Å². The van der Waals surface area contributed by atoms with Gasteiger partial charge >= 0.3 is 12.1 Å². The van der Waals surface area contributed by atoms with E-state index in [0.29, 0.717) is 0 Å². The van der Waals surface area contributed by atoms with Crippen molar-refractivity contribution in [3.05, 3.63) is 76.3 Å². The maximum Gasteiger partial charge on any atom is 0.490 e. The molecule has 0 fully saturated rings. The molecule has 3 aromatic rings. The van der Waals surface area contributed by atoms with E-state index in [-0.39, 0.29) is 10.8 Å². The molecule has 17 heteroatoms. The number of guanidine groups is 1. The highest BCUT2D eigenvalue weighted by Gasteiger charge is 2.45. The zero-order valence-electron chi connectivity index (χ0n) is 21.1. The maximum absolute atomic E-state index is 15.5. The number of ether oxygens (including phenoxy) is 1. The van der Waals surface area contributed by atoms with Crippen molar-refractivity contribution in [1.29, 1.82) is 0 Å². The molecule has 0 spiro atoms.